The number of hydrogen-bond acceptors (Lipinski definition) is 3. The standard InChI is InChI=1S/C14H10N2O2/c17-14(16-10-5-2-1-3-6-10)11-7-4-8-12-13(11)15-9-18-12/h1-9H,(H,16,17). The van der Waals surface area contributed by atoms with E-state index in [4.69, 9.17) is 4.42 Å². The average molecular weight is 238 g/mol. The number of oxazole rings is 1. The maximum Gasteiger partial charge on any atom is 0.258 e. The van der Waals surface area contributed by atoms with Gasteiger partial charge in [-0.2, -0.15) is 0 Å². The molecule has 0 unspecified atom stereocenters. The number of nitrogens with zero attached hydrogens (tertiary/aromatic N) is 1. The molecule has 0 aliphatic carbocycles. The predicted molar refractivity (Wildman–Crippen MR) is 68.4 cm³/mol. The summed E-state index contributed by atoms with van der Waals surface area (Å²) < 4.78 is 5.17. The largest absolute Gasteiger partial charge is 0.443 e. The number of para-hydroxylation sites is 2. The Balaban J connectivity index is 1.95. The second-order valence-electron chi connectivity index (χ2n) is 3.82. The van der Waals surface area contributed by atoms with Crippen molar-refractivity contribution in [1.82, 2.24) is 4.98 Å². The molecular formula is C14H10N2O2. The highest BCUT2D eigenvalue weighted by molar-refractivity contribution is 6.11. The minimum atomic E-state index is -0.194. The van der Waals surface area contributed by atoms with Crippen molar-refractivity contribution in [3.63, 3.8) is 0 Å². The van der Waals surface area contributed by atoms with Crippen LogP contribution in [0.2, 0.25) is 0 Å². The van der Waals surface area contributed by atoms with Gasteiger partial charge in [0.05, 0.1) is 5.56 Å². The molecule has 2 aromatic carbocycles. The molecule has 0 fully saturated rings. The lowest BCUT2D eigenvalue weighted by molar-refractivity contribution is 0.102. The minimum Gasteiger partial charge on any atom is -0.443 e. The Morgan fingerprint density at radius 2 is 1.89 bits per heavy atom. The number of benzene rings is 2. The number of carbonyl (C=O) groups is 1. The third kappa shape index (κ3) is 1.84. The van der Waals surface area contributed by atoms with Gasteiger partial charge in [0.15, 0.2) is 12.0 Å². The molecule has 1 heterocycles. The number of fused-ring (bicyclic) bond motifs is 1. The van der Waals surface area contributed by atoms with Gasteiger partial charge in [0.2, 0.25) is 0 Å². The summed E-state index contributed by atoms with van der Waals surface area (Å²) in [6.07, 6.45) is 1.34. The Bertz CT molecular complexity index is 689. The van der Waals surface area contributed by atoms with Crippen molar-refractivity contribution >= 4 is 22.7 Å². The molecule has 3 rings (SSSR count). The fourth-order valence-corrected chi connectivity index (χ4v) is 1.79. The van der Waals surface area contributed by atoms with Crippen molar-refractivity contribution in [1.29, 1.82) is 0 Å². The topological polar surface area (TPSA) is 55.1 Å². The van der Waals surface area contributed by atoms with Gasteiger partial charge in [-0.05, 0) is 24.3 Å². The molecule has 4 nitrogen and oxygen atoms in total. The molecule has 1 amide bonds. The fraction of sp³-hybridized carbons (Fsp3) is 0. The van der Waals surface area contributed by atoms with Crippen molar-refractivity contribution in [2.75, 3.05) is 5.32 Å². The molecule has 4 heteroatoms. The number of hydrogen-bond donors (Lipinski definition) is 1. The van der Waals surface area contributed by atoms with E-state index < -0.39 is 0 Å². The molecular weight excluding hydrogens is 228 g/mol. The molecule has 1 aromatic heterocycles. The summed E-state index contributed by atoms with van der Waals surface area (Å²) in [6.45, 7) is 0. The number of anilines is 1. The van der Waals surface area contributed by atoms with Gasteiger partial charge in [-0.3, -0.25) is 4.79 Å². The minimum absolute atomic E-state index is 0.194. The van der Waals surface area contributed by atoms with Crippen LogP contribution in [0.15, 0.2) is 59.3 Å². The Hall–Kier alpha value is -2.62. The van der Waals surface area contributed by atoms with Crippen molar-refractivity contribution in [2.45, 2.75) is 0 Å². The third-order valence-electron chi connectivity index (χ3n) is 2.64. The summed E-state index contributed by atoms with van der Waals surface area (Å²) in [4.78, 5) is 16.2. The molecule has 0 bridgehead atoms. The summed E-state index contributed by atoms with van der Waals surface area (Å²) in [5, 5.41) is 2.82. The van der Waals surface area contributed by atoms with Gasteiger partial charge < -0.3 is 9.73 Å². The van der Waals surface area contributed by atoms with Crippen LogP contribution in [-0.4, -0.2) is 10.9 Å². The van der Waals surface area contributed by atoms with E-state index in [2.05, 4.69) is 10.3 Å². The third-order valence-corrected chi connectivity index (χ3v) is 2.64. The highest BCUT2D eigenvalue weighted by atomic mass is 16.3. The molecule has 0 saturated carbocycles. The molecule has 0 atom stereocenters. The Kier molecular flexibility index (Phi) is 2.53. The van der Waals surface area contributed by atoms with E-state index in [-0.39, 0.29) is 5.91 Å². The predicted octanol–water partition coefficient (Wildman–Crippen LogP) is 3.08. The van der Waals surface area contributed by atoms with Crippen LogP contribution >= 0.6 is 0 Å². The maximum atomic E-state index is 12.1. The normalized spacial score (nSPS) is 10.4. The number of nitrogens with one attached hydrogen (secondary N) is 1. The van der Waals surface area contributed by atoms with Crippen LogP contribution in [0, 0.1) is 0 Å². The van der Waals surface area contributed by atoms with Gasteiger partial charge in [-0.1, -0.05) is 24.3 Å². The first-order valence-corrected chi connectivity index (χ1v) is 5.53. The number of carbonyl (C=O) groups excluding carboxylic acids is 1. The summed E-state index contributed by atoms with van der Waals surface area (Å²) in [6, 6.07) is 14.6. The lowest BCUT2D eigenvalue weighted by Gasteiger charge is -2.04. The van der Waals surface area contributed by atoms with Gasteiger partial charge in [0, 0.05) is 5.69 Å². The first-order valence-electron chi connectivity index (χ1n) is 5.53. The SMILES string of the molecule is O=C(Nc1ccccc1)c1cccc2ocnc12. The molecule has 0 aliphatic heterocycles. The van der Waals surface area contributed by atoms with Crippen molar-refractivity contribution in [2.24, 2.45) is 0 Å². The molecule has 3 aromatic rings. The van der Waals surface area contributed by atoms with E-state index in [9.17, 15) is 4.79 Å². The second kappa shape index (κ2) is 4.33. The zero-order chi connectivity index (χ0) is 12.4. The maximum absolute atomic E-state index is 12.1. The Morgan fingerprint density at radius 3 is 2.72 bits per heavy atom. The summed E-state index contributed by atoms with van der Waals surface area (Å²) >= 11 is 0. The highest BCUT2D eigenvalue weighted by Crippen LogP contribution is 2.18. The van der Waals surface area contributed by atoms with Crippen LogP contribution in [0.3, 0.4) is 0 Å². The van der Waals surface area contributed by atoms with Gasteiger partial charge in [0.25, 0.3) is 5.91 Å². The van der Waals surface area contributed by atoms with E-state index in [1.165, 1.54) is 6.39 Å². The lowest BCUT2D eigenvalue weighted by Crippen LogP contribution is -2.12. The number of amides is 1. The van der Waals surface area contributed by atoms with Crippen LogP contribution in [-0.2, 0) is 0 Å². The summed E-state index contributed by atoms with van der Waals surface area (Å²) in [7, 11) is 0. The Morgan fingerprint density at radius 1 is 1.06 bits per heavy atom. The first-order chi connectivity index (χ1) is 8.84. The molecule has 0 saturated heterocycles. The lowest BCUT2D eigenvalue weighted by atomic mass is 10.1. The number of rotatable bonds is 2. The first kappa shape index (κ1) is 10.5. The van der Waals surface area contributed by atoms with Crippen LogP contribution in [0.5, 0.6) is 0 Å². The molecule has 18 heavy (non-hydrogen) atoms. The van der Waals surface area contributed by atoms with E-state index >= 15 is 0 Å². The monoisotopic (exact) mass is 238 g/mol. The number of aromatic nitrogens is 1. The smallest absolute Gasteiger partial charge is 0.258 e. The molecule has 0 spiro atoms. The van der Waals surface area contributed by atoms with E-state index in [1.54, 1.807) is 18.2 Å². The molecule has 0 radical (unpaired) electrons. The zero-order valence-corrected chi connectivity index (χ0v) is 9.46. The fourth-order valence-electron chi connectivity index (χ4n) is 1.79. The van der Waals surface area contributed by atoms with Gasteiger partial charge in [-0.15, -0.1) is 0 Å². The van der Waals surface area contributed by atoms with Crippen LogP contribution in [0.25, 0.3) is 11.1 Å². The van der Waals surface area contributed by atoms with Crippen molar-refractivity contribution in [3.8, 4) is 0 Å². The van der Waals surface area contributed by atoms with Crippen LogP contribution in [0.4, 0.5) is 5.69 Å². The van der Waals surface area contributed by atoms with Crippen LogP contribution in [0.1, 0.15) is 10.4 Å². The van der Waals surface area contributed by atoms with Crippen molar-refractivity contribution in [3.05, 3.63) is 60.5 Å². The van der Waals surface area contributed by atoms with E-state index in [1.807, 2.05) is 30.3 Å². The zero-order valence-electron chi connectivity index (χ0n) is 9.46. The quantitative estimate of drug-likeness (QED) is 0.746. The van der Waals surface area contributed by atoms with E-state index in [0.717, 1.165) is 5.69 Å². The summed E-state index contributed by atoms with van der Waals surface area (Å²) in [5.74, 6) is -0.194. The van der Waals surface area contributed by atoms with E-state index in [0.29, 0.717) is 16.7 Å². The Labute approximate surface area is 103 Å². The average Bonchev–Trinajstić information content (AvgIpc) is 2.87. The van der Waals surface area contributed by atoms with Crippen molar-refractivity contribution < 1.29 is 9.21 Å². The molecule has 88 valence electrons. The van der Waals surface area contributed by atoms with Gasteiger partial charge >= 0.3 is 0 Å². The van der Waals surface area contributed by atoms with Gasteiger partial charge in [0.1, 0.15) is 5.52 Å². The van der Waals surface area contributed by atoms with Gasteiger partial charge in [-0.25, -0.2) is 4.98 Å². The molecule has 0 aliphatic rings. The molecule has 1 N–H and O–H groups in total. The van der Waals surface area contributed by atoms with Crippen LogP contribution < -0.4 is 5.32 Å². The second-order valence-corrected chi connectivity index (χ2v) is 3.82. The highest BCUT2D eigenvalue weighted by Gasteiger charge is 2.12. The summed E-state index contributed by atoms with van der Waals surface area (Å²) in [5.41, 5.74) is 2.44.